The molecular formula is C37H39BrClN3O4S. The fraction of sp³-hybridized carbons (Fsp3) is 0.297. The largest absolute Gasteiger partial charge is 0.352 e. The highest BCUT2D eigenvalue weighted by Gasteiger charge is 2.35. The van der Waals surface area contributed by atoms with Gasteiger partial charge in [-0.1, -0.05) is 107 Å². The van der Waals surface area contributed by atoms with Gasteiger partial charge in [-0.25, -0.2) is 8.42 Å². The van der Waals surface area contributed by atoms with Crippen molar-refractivity contribution < 1.29 is 18.0 Å². The molecule has 1 atom stereocenters. The van der Waals surface area contributed by atoms with Gasteiger partial charge in [-0.05, 0) is 79.4 Å². The van der Waals surface area contributed by atoms with E-state index in [-0.39, 0.29) is 29.8 Å². The summed E-state index contributed by atoms with van der Waals surface area (Å²) in [6.45, 7) is 1.43. The number of nitrogens with zero attached hydrogens (tertiary/aromatic N) is 2. The number of sulfonamides is 1. The van der Waals surface area contributed by atoms with Crippen LogP contribution in [0, 0.1) is 6.92 Å². The number of aryl methyl sites for hydroxylation is 1. The molecule has 5 rings (SSSR count). The number of nitrogens with one attached hydrogen (secondary N) is 1. The van der Waals surface area contributed by atoms with Crippen molar-refractivity contribution in [3.63, 3.8) is 0 Å². The van der Waals surface area contributed by atoms with E-state index >= 15 is 0 Å². The Morgan fingerprint density at radius 1 is 0.872 bits per heavy atom. The molecule has 0 aliphatic heterocycles. The molecule has 10 heteroatoms. The Bertz CT molecular complexity index is 1760. The van der Waals surface area contributed by atoms with Crippen molar-refractivity contribution in [3.05, 3.63) is 129 Å². The van der Waals surface area contributed by atoms with Crippen molar-refractivity contribution >= 4 is 55.1 Å². The van der Waals surface area contributed by atoms with Gasteiger partial charge in [0, 0.05) is 28.5 Å². The average Bonchev–Trinajstić information content (AvgIpc) is 3.06. The van der Waals surface area contributed by atoms with E-state index in [0.717, 1.165) is 57.6 Å². The third-order valence-electron chi connectivity index (χ3n) is 8.47. The van der Waals surface area contributed by atoms with Crippen molar-refractivity contribution in [2.24, 2.45) is 0 Å². The van der Waals surface area contributed by atoms with Crippen molar-refractivity contribution in [3.8, 4) is 0 Å². The smallest absolute Gasteiger partial charge is 0.264 e. The first-order valence-corrected chi connectivity index (χ1v) is 18.4. The zero-order valence-corrected chi connectivity index (χ0v) is 29.5. The molecule has 1 fully saturated rings. The topological polar surface area (TPSA) is 86.8 Å². The Morgan fingerprint density at radius 3 is 2.19 bits per heavy atom. The van der Waals surface area contributed by atoms with Gasteiger partial charge in [-0.15, -0.1) is 0 Å². The summed E-state index contributed by atoms with van der Waals surface area (Å²) >= 11 is 9.77. The van der Waals surface area contributed by atoms with E-state index in [0.29, 0.717) is 10.7 Å². The number of anilines is 1. The summed E-state index contributed by atoms with van der Waals surface area (Å²) in [7, 11) is -4.17. The second-order valence-electron chi connectivity index (χ2n) is 12.0. The van der Waals surface area contributed by atoms with Crippen molar-refractivity contribution in [1.82, 2.24) is 10.2 Å². The second kappa shape index (κ2) is 16.0. The lowest BCUT2D eigenvalue weighted by atomic mass is 9.94. The van der Waals surface area contributed by atoms with Gasteiger partial charge in [-0.2, -0.15) is 0 Å². The molecule has 7 nitrogen and oxygen atoms in total. The lowest BCUT2D eigenvalue weighted by Crippen LogP contribution is -2.55. The van der Waals surface area contributed by atoms with Gasteiger partial charge in [0.25, 0.3) is 10.0 Å². The normalized spacial score (nSPS) is 14.3. The first-order chi connectivity index (χ1) is 22.6. The Morgan fingerprint density at radius 2 is 1.53 bits per heavy atom. The number of halogens is 2. The van der Waals surface area contributed by atoms with Gasteiger partial charge in [0.05, 0.1) is 10.6 Å². The van der Waals surface area contributed by atoms with Crippen LogP contribution in [0.15, 0.2) is 112 Å². The number of benzene rings is 4. The summed E-state index contributed by atoms with van der Waals surface area (Å²) in [5.41, 5.74) is 2.86. The number of rotatable bonds is 12. The SMILES string of the molecule is Cc1ccc(S(=O)(=O)N(CC(=O)N(Cc2cccc(Cl)c2)[C@@H](Cc2ccccc2)C(=O)NC2CCCCC2)c2ccc(Br)cc2)cc1. The zero-order chi connectivity index (χ0) is 33.4. The summed E-state index contributed by atoms with van der Waals surface area (Å²) in [5, 5.41) is 3.73. The van der Waals surface area contributed by atoms with Gasteiger partial charge < -0.3 is 10.2 Å². The van der Waals surface area contributed by atoms with Gasteiger partial charge in [0.15, 0.2) is 0 Å². The van der Waals surface area contributed by atoms with Crippen LogP contribution in [0.5, 0.6) is 0 Å². The molecule has 0 spiro atoms. The van der Waals surface area contributed by atoms with Crippen LogP contribution in [-0.4, -0.2) is 43.8 Å². The average molecular weight is 737 g/mol. The molecule has 0 saturated heterocycles. The van der Waals surface area contributed by atoms with E-state index < -0.39 is 28.5 Å². The summed E-state index contributed by atoms with van der Waals surface area (Å²) in [4.78, 5) is 30.4. The lowest BCUT2D eigenvalue weighted by molar-refractivity contribution is -0.140. The Labute approximate surface area is 291 Å². The number of carbonyl (C=O) groups is 2. The van der Waals surface area contributed by atoms with Crippen LogP contribution in [0.25, 0.3) is 0 Å². The van der Waals surface area contributed by atoms with Gasteiger partial charge in [-0.3, -0.25) is 13.9 Å². The minimum Gasteiger partial charge on any atom is -0.352 e. The number of hydrogen-bond donors (Lipinski definition) is 1. The molecule has 1 N–H and O–H groups in total. The predicted molar refractivity (Wildman–Crippen MR) is 191 cm³/mol. The van der Waals surface area contributed by atoms with Crippen LogP contribution < -0.4 is 9.62 Å². The molecule has 4 aromatic rings. The fourth-order valence-electron chi connectivity index (χ4n) is 5.90. The van der Waals surface area contributed by atoms with Crippen LogP contribution >= 0.6 is 27.5 Å². The third-order valence-corrected chi connectivity index (χ3v) is 11.0. The number of hydrogen-bond acceptors (Lipinski definition) is 4. The minimum atomic E-state index is -4.17. The van der Waals surface area contributed by atoms with E-state index in [1.807, 2.05) is 43.3 Å². The van der Waals surface area contributed by atoms with Gasteiger partial charge in [0.1, 0.15) is 12.6 Å². The minimum absolute atomic E-state index is 0.0267. The molecule has 1 aliphatic carbocycles. The molecule has 0 heterocycles. The summed E-state index contributed by atoms with van der Waals surface area (Å²) in [6, 6.07) is 29.2. The maximum Gasteiger partial charge on any atom is 0.264 e. The third kappa shape index (κ3) is 9.24. The highest BCUT2D eigenvalue weighted by Crippen LogP contribution is 2.27. The summed E-state index contributed by atoms with van der Waals surface area (Å²) < 4.78 is 30.3. The highest BCUT2D eigenvalue weighted by molar-refractivity contribution is 9.10. The molecule has 1 aliphatic rings. The zero-order valence-electron chi connectivity index (χ0n) is 26.3. The second-order valence-corrected chi connectivity index (χ2v) is 15.2. The number of amides is 2. The quantitative estimate of drug-likeness (QED) is 0.162. The summed E-state index contributed by atoms with van der Waals surface area (Å²) in [5.74, 6) is -0.768. The molecule has 1 saturated carbocycles. The first-order valence-electron chi connectivity index (χ1n) is 15.8. The summed E-state index contributed by atoms with van der Waals surface area (Å²) in [6.07, 6.45) is 5.25. The van der Waals surface area contributed by atoms with Crippen LogP contribution in [0.4, 0.5) is 5.69 Å². The van der Waals surface area contributed by atoms with Crippen LogP contribution in [0.1, 0.15) is 48.8 Å². The van der Waals surface area contributed by atoms with Crippen molar-refractivity contribution in [2.45, 2.75) is 69.0 Å². The highest BCUT2D eigenvalue weighted by atomic mass is 79.9. The van der Waals surface area contributed by atoms with E-state index in [1.165, 1.54) is 4.90 Å². The molecule has 0 unspecified atom stereocenters. The van der Waals surface area contributed by atoms with Crippen LogP contribution in [0.2, 0.25) is 5.02 Å². The van der Waals surface area contributed by atoms with Gasteiger partial charge >= 0.3 is 0 Å². The standard InChI is InChI=1S/C37H39BrClN3O4S/c1-27-15-21-34(22-16-27)47(45,46)42(33-19-17-30(38)18-20-33)26-36(43)41(25-29-11-8-12-31(39)23-29)35(24-28-9-4-2-5-10-28)37(44)40-32-13-6-3-7-14-32/h2,4-5,8-12,15-23,32,35H,3,6-7,13-14,24-26H2,1H3,(H,40,44)/t35-/m0/s1. The molecule has 0 aromatic heterocycles. The molecule has 246 valence electrons. The monoisotopic (exact) mass is 735 g/mol. The molecule has 47 heavy (non-hydrogen) atoms. The first kappa shape index (κ1) is 34.7. The number of carbonyl (C=O) groups excluding carboxylic acids is 2. The molecule has 0 radical (unpaired) electrons. The van der Waals surface area contributed by atoms with E-state index in [4.69, 9.17) is 11.6 Å². The van der Waals surface area contributed by atoms with Crippen molar-refractivity contribution in [1.29, 1.82) is 0 Å². The molecule has 0 bridgehead atoms. The van der Waals surface area contributed by atoms with E-state index in [1.54, 1.807) is 66.7 Å². The predicted octanol–water partition coefficient (Wildman–Crippen LogP) is 7.70. The molecule has 4 aromatic carbocycles. The van der Waals surface area contributed by atoms with Gasteiger partial charge in [0.2, 0.25) is 11.8 Å². The van der Waals surface area contributed by atoms with Crippen molar-refractivity contribution in [2.75, 3.05) is 10.8 Å². The Hall–Kier alpha value is -3.66. The van der Waals surface area contributed by atoms with Crippen LogP contribution in [-0.2, 0) is 32.6 Å². The Kier molecular flexibility index (Phi) is 11.8. The lowest BCUT2D eigenvalue weighted by Gasteiger charge is -2.35. The van der Waals surface area contributed by atoms with Crippen LogP contribution in [0.3, 0.4) is 0 Å². The Balaban J connectivity index is 1.56. The van der Waals surface area contributed by atoms with E-state index in [9.17, 15) is 18.0 Å². The maximum absolute atomic E-state index is 14.6. The fourth-order valence-corrected chi connectivity index (χ4v) is 7.80. The van der Waals surface area contributed by atoms with E-state index in [2.05, 4.69) is 21.2 Å². The maximum atomic E-state index is 14.6. The molecule has 2 amide bonds. The molecular weight excluding hydrogens is 698 g/mol.